The number of nitrogens with one attached hydrogen (secondary N) is 2. The molecule has 0 atom stereocenters. The van der Waals surface area contributed by atoms with Crippen LogP contribution < -0.4 is 15.4 Å². The molecule has 5 rings (SSSR count). The number of halogens is 3. The van der Waals surface area contributed by atoms with Gasteiger partial charge in [0.15, 0.2) is 5.82 Å². The molecule has 2 N–H and O–H groups in total. The number of carbonyl (C=O) groups excluding carboxylic acids is 1. The number of aromatic nitrogens is 4. The molecule has 2 amide bonds. The molecule has 5 aromatic rings. The first-order chi connectivity index (χ1) is 18.3. The number of pyridine rings is 1. The van der Waals surface area contributed by atoms with E-state index in [9.17, 15) is 18.0 Å². The first-order valence-electron chi connectivity index (χ1n) is 11.3. The van der Waals surface area contributed by atoms with Crippen molar-refractivity contribution in [3.05, 3.63) is 104 Å². The van der Waals surface area contributed by atoms with Gasteiger partial charge in [0.25, 0.3) is 0 Å². The van der Waals surface area contributed by atoms with Crippen molar-refractivity contribution in [1.82, 2.24) is 19.7 Å². The zero-order valence-electron chi connectivity index (χ0n) is 19.6. The van der Waals surface area contributed by atoms with Gasteiger partial charge in [0.05, 0.1) is 5.69 Å². The number of hydrogen-bond donors (Lipinski definition) is 2. The summed E-state index contributed by atoms with van der Waals surface area (Å²) in [7, 11) is 0. The Morgan fingerprint density at radius 2 is 1.53 bits per heavy atom. The van der Waals surface area contributed by atoms with Crippen LogP contribution in [-0.4, -0.2) is 32.1 Å². The molecule has 0 saturated heterocycles. The lowest BCUT2D eigenvalue weighted by molar-refractivity contribution is -0.274. The number of alkyl halides is 3. The van der Waals surface area contributed by atoms with Gasteiger partial charge in [0.1, 0.15) is 17.9 Å². The second-order valence-corrected chi connectivity index (χ2v) is 7.98. The van der Waals surface area contributed by atoms with Crippen LogP contribution in [0.3, 0.4) is 0 Å². The molecule has 0 bridgehead atoms. The molecule has 38 heavy (non-hydrogen) atoms. The Balaban J connectivity index is 1.23. The SMILES string of the molecule is O=C(Nc1ccc(-c2ncn(-c3ccc(OC(F)(F)F)cc3)n2)cc1)Nc1ncccc1-c1ccccc1. The van der Waals surface area contributed by atoms with Crippen molar-refractivity contribution in [2.75, 3.05) is 10.6 Å². The summed E-state index contributed by atoms with van der Waals surface area (Å²) in [6.07, 6.45) is -1.70. The molecular weight excluding hydrogens is 497 g/mol. The quantitative estimate of drug-likeness (QED) is 0.267. The fourth-order valence-corrected chi connectivity index (χ4v) is 3.65. The molecule has 2 heterocycles. The second-order valence-electron chi connectivity index (χ2n) is 7.98. The molecule has 0 saturated carbocycles. The standard InChI is InChI=1S/C27H19F3N6O2/c28-27(29,30)38-22-14-12-21(13-15-22)36-17-32-24(35-36)19-8-10-20(11-9-19)33-26(37)34-25-23(7-4-16-31-25)18-5-2-1-3-6-18/h1-17H,(H2,31,33,34,37). The van der Waals surface area contributed by atoms with Crippen molar-refractivity contribution in [2.24, 2.45) is 0 Å². The Morgan fingerprint density at radius 3 is 2.24 bits per heavy atom. The fraction of sp³-hybridized carbons (Fsp3) is 0.0370. The van der Waals surface area contributed by atoms with E-state index in [0.29, 0.717) is 28.6 Å². The van der Waals surface area contributed by atoms with E-state index < -0.39 is 12.4 Å². The molecule has 0 aliphatic rings. The number of nitrogens with zero attached hydrogens (tertiary/aromatic N) is 4. The number of amides is 2. The summed E-state index contributed by atoms with van der Waals surface area (Å²) in [4.78, 5) is 21.2. The van der Waals surface area contributed by atoms with Crippen LogP contribution in [0, 0.1) is 0 Å². The van der Waals surface area contributed by atoms with Gasteiger partial charge in [0, 0.05) is 23.0 Å². The van der Waals surface area contributed by atoms with Gasteiger partial charge in [-0.15, -0.1) is 18.3 Å². The van der Waals surface area contributed by atoms with E-state index in [1.807, 2.05) is 36.4 Å². The van der Waals surface area contributed by atoms with Gasteiger partial charge in [0.2, 0.25) is 0 Å². The number of benzene rings is 3. The van der Waals surface area contributed by atoms with Crippen LogP contribution in [0.25, 0.3) is 28.2 Å². The number of ether oxygens (including phenoxy) is 1. The molecule has 0 aliphatic carbocycles. The second kappa shape index (κ2) is 10.4. The fourth-order valence-electron chi connectivity index (χ4n) is 3.65. The van der Waals surface area contributed by atoms with Gasteiger partial charge in [-0.3, -0.25) is 5.32 Å². The summed E-state index contributed by atoms with van der Waals surface area (Å²) in [6.45, 7) is 0. The lowest BCUT2D eigenvalue weighted by Gasteiger charge is -2.11. The number of urea groups is 1. The summed E-state index contributed by atoms with van der Waals surface area (Å²) in [5.74, 6) is 0.506. The Hall–Kier alpha value is -5.19. The summed E-state index contributed by atoms with van der Waals surface area (Å²) >= 11 is 0. The zero-order chi connectivity index (χ0) is 26.5. The van der Waals surface area contributed by atoms with Gasteiger partial charge < -0.3 is 10.1 Å². The average molecular weight is 516 g/mol. The topological polar surface area (TPSA) is 94.0 Å². The van der Waals surface area contributed by atoms with Crippen molar-refractivity contribution in [2.45, 2.75) is 6.36 Å². The molecule has 2 aromatic heterocycles. The van der Waals surface area contributed by atoms with Crippen LogP contribution in [0.5, 0.6) is 5.75 Å². The maximum atomic E-state index is 12.6. The highest BCUT2D eigenvalue weighted by Crippen LogP contribution is 2.26. The van der Waals surface area contributed by atoms with E-state index >= 15 is 0 Å². The first-order valence-corrected chi connectivity index (χ1v) is 11.3. The molecule has 0 radical (unpaired) electrons. The minimum absolute atomic E-state index is 0.326. The van der Waals surface area contributed by atoms with E-state index in [0.717, 1.165) is 11.1 Å². The molecule has 8 nitrogen and oxygen atoms in total. The molecule has 0 unspecified atom stereocenters. The van der Waals surface area contributed by atoms with Gasteiger partial charge in [-0.05, 0) is 66.2 Å². The average Bonchev–Trinajstić information content (AvgIpc) is 3.40. The van der Waals surface area contributed by atoms with E-state index in [4.69, 9.17) is 0 Å². The summed E-state index contributed by atoms with van der Waals surface area (Å²) < 4.78 is 42.4. The normalized spacial score (nSPS) is 11.1. The van der Waals surface area contributed by atoms with Gasteiger partial charge >= 0.3 is 12.4 Å². The van der Waals surface area contributed by atoms with Crippen LogP contribution in [0.15, 0.2) is 104 Å². The summed E-state index contributed by atoms with van der Waals surface area (Å²) in [5, 5.41) is 9.93. The molecule has 0 aliphatic heterocycles. The number of anilines is 2. The smallest absolute Gasteiger partial charge is 0.406 e. The van der Waals surface area contributed by atoms with Gasteiger partial charge in [-0.25, -0.2) is 19.4 Å². The van der Waals surface area contributed by atoms with E-state index in [1.54, 1.807) is 36.5 Å². The third kappa shape index (κ3) is 5.95. The third-order valence-electron chi connectivity index (χ3n) is 5.35. The zero-order valence-corrected chi connectivity index (χ0v) is 19.6. The lowest BCUT2D eigenvalue weighted by Crippen LogP contribution is -2.20. The van der Waals surface area contributed by atoms with Crippen LogP contribution in [0.1, 0.15) is 0 Å². The summed E-state index contributed by atoms with van der Waals surface area (Å²) in [6, 6.07) is 25.0. The largest absolute Gasteiger partial charge is 0.573 e. The Kier molecular flexibility index (Phi) is 6.72. The van der Waals surface area contributed by atoms with Crippen LogP contribution in [0.2, 0.25) is 0 Å². The molecule has 0 fully saturated rings. The Labute approximate surface area is 214 Å². The van der Waals surface area contributed by atoms with Crippen molar-refractivity contribution < 1.29 is 22.7 Å². The highest BCUT2D eigenvalue weighted by Gasteiger charge is 2.31. The van der Waals surface area contributed by atoms with E-state index in [1.165, 1.54) is 35.3 Å². The van der Waals surface area contributed by atoms with Crippen LogP contribution in [-0.2, 0) is 0 Å². The van der Waals surface area contributed by atoms with Gasteiger partial charge in [-0.2, -0.15) is 0 Å². The number of hydrogen-bond acceptors (Lipinski definition) is 5. The molecule has 0 spiro atoms. The third-order valence-corrected chi connectivity index (χ3v) is 5.35. The van der Waals surface area contributed by atoms with Crippen LogP contribution in [0.4, 0.5) is 29.5 Å². The lowest BCUT2D eigenvalue weighted by atomic mass is 10.1. The highest BCUT2D eigenvalue weighted by molar-refractivity contribution is 6.01. The maximum absolute atomic E-state index is 12.6. The molecular formula is C27H19F3N6O2. The minimum Gasteiger partial charge on any atom is -0.406 e. The van der Waals surface area contributed by atoms with Crippen molar-refractivity contribution in [1.29, 1.82) is 0 Å². The van der Waals surface area contributed by atoms with E-state index in [2.05, 4.69) is 30.4 Å². The number of rotatable bonds is 6. The summed E-state index contributed by atoms with van der Waals surface area (Å²) in [5.41, 5.74) is 3.46. The molecule has 11 heteroatoms. The minimum atomic E-state index is -4.76. The van der Waals surface area contributed by atoms with Crippen molar-refractivity contribution >= 4 is 17.5 Å². The molecule has 190 valence electrons. The van der Waals surface area contributed by atoms with Crippen LogP contribution >= 0.6 is 0 Å². The van der Waals surface area contributed by atoms with Crippen molar-refractivity contribution in [3.63, 3.8) is 0 Å². The predicted octanol–water partition coefficient (Wildman–Crippen LogP) is 6.54. The maximum Gasteiger partial charge on any atom is 0.573 e. The van der Waals surface area contributed by atoms with Gasteiger partial charge in [-0.1, -0.05) is 30.3 Å². The Bertz CT molecular complexity index is 1540. The Morgan fingerprint density at radius 1 is 0.789 bits per heavy atom. The number of carbonyl (C=O) groups is 1. The molecule has 3 aromatic carbocycles. The predicted molar refractivity (Wildman–Crippen MR) is 136 cm³/mol. The highest BCUT2D eigenvalue weighted by atomic mass is 19.4. The monoisotopic (exact) mass is 516 g/mol. The van der Waals surface area contributed by atoms with E-state index in [-0.39, 0.29) is 5.75 Å². The first kappa shape index (κ1) is 24.5. The van der Waals surface area contributed by atoms with Crippen molar-refractivity contribution in [3.8, 4) is 34.0 Å².